The highest BCUT2D eigenvalue weighted by atomic mass is 35.5. The first-order chi connectivity index (χ1) is 19.5. The van der Waals surface area contributed by atoms with Crippen LogP contribution >= 0.6 is 11.6 Å². The van der Waals surface area contributed by atoms with E-state index in [1.54, 1.807) is 24.4 Å². The minimum Gasteiger partial charge on any atom is -0.494 e. The lowest BCUT2D eigenvalue weighted by atomic mass is 10.2. The van der Waals surface area contributed by atoms with Crippen LogP contribution in [0.5, 0.6) is 11.6 Å². The van der Waals surface area contributed by atoms with Crippen molar-refractivity contribution in [3.05, 3.63) is 35.1 Å². The molecule has 12 nitrogen and oxygen atoms in total. The maximum Gasteiger partial charge on any atom is 0.490 e. The van der Waals surface area contributed by atoms with Gasteiger partial charge in [-0.2, -0.15) is 13.2 Å². The average Bonchev–Trinajstić information content (AvgIpc) is 3.25. The molecule has 41 heavy (non-hydrogen) atoms. The molecule has 3 aromatic rings. The predicted octanol–water partition coefficient (Wildman–Crippen LogP) is 4.13. The molecule has 4 rings (SSSR count). The van der Waals surface area contributed by atoms with Crippen molar-refractivity contribution < 1.29 is 42.8 Å². The number of ether oxygens (including phenoxy) is 1. The molecule has 3 heterocycles. The number of piperazine rings is 1. The van der Waals surface area contributed by atoms with Gasteiger partial charge < -0.3 is 35.3 Å². The number of H-pyrrole nitrogens is 1. The summed E-state index contributed by atoms with van der Waals surface area (Å²) in [6.07, 6.45) is 0.310. The molecule has 1 aromatic carbocycles. The Balaban J connectivity index is 0.000000587. The largest absolute Gasteiger partial charge is 0.494 e. The second-order valence-corrected chi connectivity index (χ2v) is 9.18. The molecule has 1 aliphatic rings. The van der Waals surface area contributed by atoms with Gasteiger partial charge in [0.2, 0.25) is 0 Å². The van der Waals surface area contributed by atoms with Crippen LogP contribution in [-0.2, 0) is 9.59 Å². The first-order valence-corrected chi connectivity index (χ1v) is 12.8. The van der Waals surface area contributed by atoms with Crippen LogP contribution in [0.15, 0.2) is 29.5 Å². The van der Waals surface area contributed by atoms with Crippen LogP contribution in [0, 0.1) is 0 Å². The monoisotopic (exact) mass is 600 g/mol. The molecule has 0 spiro atoms. The van der Waals surface area contributed by atoms with Gasteiger partial charge in [0.05, 0.1) is 28.3 Å². The van der Waals surface area contributed by atoms with E-state index in [2.05, 4.69) is 30.2 Å². The van der Waals surface area contributed by atoms with Gasteiger partial charge in [0.1, 0.15) is 23.5 Å². The van der Waals surface area contributed by atoms with E-state index >= 15 is 0 Å². The fourth-order valence-electron chi connectivity index (χ4n) is 3.82. The van der Waals surface area contributed by atoms with E-state index < -0.39 is 18.1 Å². The number of halogens is 4. The van der Waals surface area contributed by atoms with E-state index in [4.69, 9.17) is 31.3 Å². The summed E-state index contributed by atoms with van der Waals surface area (Å²) in [7, 11) is 0. The van der Waals surface area contributed by atoms with Crippen molar-refractivity contribution in [1.29, 1.82) is 0 Å². The summed E-state index contributed by atoms with van der Waals surface area (Å²) < 4.78 is 37.4. The number of aliphatic imine (C=N–C) groups is 1. The SMILES string of the molecule is O=C(O)C(F)(F)F.O=C(O)CCCCCOc1ccc(N=Cc2c(O)[nH]c3ncnc(N4CCNCC4)c23)cc1Cl. The molecule has 0 atom stereocenters. The molecule has 222 valence electrons. The summed E-state index contributed by atoms with van der Waals surface area (Å²) in [6.45, 7) is 3.80. The predicted molar refractivity (Wildman–Crippen MR) is 145 cm³/mol. The summed E-state index contributed by atoms with van der Waals surface area (Å²) in [5.74, 6) is -2.26. The number of aromatic hydroxyl groups is 1. The summed E-state index contributed by atoms with van der Waals surface area (Å²) in [5, 5.41) is 30.8. The molecular weight excluding hydrogens is 573 g/mol. The molecule has 1 aliphatic heterocycles. The molecular formula is C25H28ClF3N6O6. The minimum atomic E-state index is -5.08. The fourth-order valence-corrected chi connectivity index (χ4v) is 4.05. The van der Waals surface area contributed by atoms with Crippen LogP contribution < -0.4 is 15.0 Å². The molecule has 1 fully saturated rings. The molecule has 16 heteroatoms. The Labute approximate surface area is 236 Å². The number of unbranched alkanes of at least 4 members (excludes halogenated alkanes) is 2. The van der Waals surface area contributed by atoms with Crippen LogP contribution in [0.3, 0.4) is 0 Å². The quantitative estimate of drug-likeness (QED) is 0.168. The van der Waals surface area contributed by atoms with Crippen LogP contribution in [0.25, 0.3) is 11.0 Å². The number of anilines is 1. The second-order valence-electron chi connectivity index (χ2n) is 8.77. The van der Waals surface area contributed by atoms with E-state index in [1.807, 2.05) is 0 Å². The lowest BCUT2D eigenvalue weighted by Gasteiger charge is -2.28. The third-order valence-electron chi connectivity index (χ3n) is 5.80. The number of alkyl halides is 3. The summed E-state index contributed by atoms with van der Waals surface area (Å²) >= 11 is 6.36. The van der Waals surface area contributed by atoms with Gasteiger partial charge in [0.25, 0.3) is 0 Å². The maximum absolute atomic E-state index is 10.6. The van der Waals surface area contributed by atoms with Gasteiger partial charge in [0.15, 0.2) is 5.88 Å². The average molecular weight is 601 g/mol. The van der Waals surface area contributed by atoms with Gasteiger partial charge in [-0.25, -0.2) is 14.8 Å². The number of nitrogens with zero attached hydrogens (tertiary/aromatic N) is 4. The second kappa shape index (κ2) is 14.5. The number of rotatable bonds is 10. The molecule has 5 N–H and O–H groups in total. The van der Waals surface area contributed by atoms with E-state index in [1.165, 1.54) is 6.33 Å². The lowest BCUT2D eigenvalue weighted by Crippen LogP contribution is -2.44. The van der Waals surface area contributed by atoms with Gasteiger partial charge in [-0.3, -0.25) is 9.79 Å². The van der Waals surface area contributed by atoms with Crippen molar-refractivity contribution in [2.75, 3.05) is 37.7 Å². The maximum atomic E-state index is 10.6. The molecule has 2 aromatic heterocycles. The van der Waals surface area contributed by atoms with Crippen LogP contribution in [0.4, 0.5) is 24.7 Å². The third-order valence-corrected chi connectivity index (χ3v) is 6.09. The molecule has 0 unspecified atom stereocenters. The Kier molecular flexibility index (Phi) is 11.1. The summed E-state index contributed by atoms with van der Waals surface area (Å²) in [5.41, 5.74) is 1.67. The highest BCUT2D eigenvalue weighted by molar-refractivity contribution is 6.32. The first kappa shape index (κ1) is 31.4. The Hall–Kier alpha value is -4.11. The smallest absolute Gasteiger partial charge is 0.490 e. The van der Waals surface area contributed by atoms with Gasteiger partial charge in [-0.05, 0) is 37.5 Å². The Bertz CT molecular complexity index is 1380. The van der Waals surface area contributed by atoms with Crippen molar-refractivity contribution in [3.63, 3.8) is 0 Å². The number of aromatic amines is 1. The van der Waals surface area contributed by atoms with Gasteiger partial charge in [-0.1, -0.05) is 11.6 Å². The number of carboxylic acid groups (broad SMARTS) is 2. The van der Waals surface area contributed by atoms with E-state index in [0.717, 1.165) is 50.2 Å². The highest BCUT2D eigenvalue weighted by Gasteiger charge is 2.38. The number of aromatic nitrogens is 3. The van der Waals surface area contributed by atoms with Gasteiger partial charge >= 0.3 is 18.1 Å². The number of benzene rings is 1. The van der Waals surface area contributed by atoms with Gasteiger partial charge in [0, 0.05) is 38.8 Å². The minimum absolute atomic E-state index is 0.0235. The first-order valence-electron chi connectivity index (χ1n) is 12.5. The number of nitrogens with one attached hydrogen (secondary N) is 2. The molecule has 0 radical (unpaired) electrons. The zero-order valence-corrected chi connectivity index (χ0v) is 22.4. The van der Waals surface area contributed by atoms with E-state index in [9.17, 15) is 23.1 Å². The van der Waals surface area contributed by atoms with Crippen LogP contribution in [-0.4, -0.2) is 87.4 Å². The normalized spacial score (nSPS) is 13.7. The number of aliphatic carboxylic acids is 2. The van der Waals surface area contributed by atoms with E-state index in [-0.39, 0.29) is 12.3 Å². The molecule has 0 amide bonds. The zero-order valence-electron chi connectivity index (χ0n) is 21.6. The number of carboxylic acids is 2. The number of hydrogen-bond acceptors (Lipinski definition) is 9. The third kappa shape index (κ3) is 9.21. The highest BCUT2D eigenvalue weighted by Crippen LogP contribution is 2.33. The number of carbonyl (C=O) groups is 2. The molecule has 0 saturated carbocycles. The molecule has 0 aliphatic carbocycles. The zero-order chi connectivity index (χ0) is 30.0. The number of hydrogen-bond donors (Lipinski definition) is 5. The topological polar surface area (TPSA) is 173 Å². The van der Waals surface area contributed by atoms with Crippen LogP contribution in [0.2, 0.25) is 5.02 Å². The fraction of sp³-hybridized carbons (Fsp3) is 0.400. The Morgan fingerprint density at radius 3 is 2.49 bits per heavy atom. The Morgan fingerprint density at radius 1 is 1.15 bits per heavy atom. The van der Waals surface area contributed by atoms with Crippen molar-refractivity contribution >= 4 is 52.3 Å². The van der Waals surface area contributed by atoms with Crippen molar-refractivity contribution in [1.82, 2.24) is 20.3 Å². The molecule has 1 saturated heterocycles. The van der Waals surface area contributed by atoms with E-state index in [0.29, 0.717) is 40.7 Å². The van der Waals surface area contributed by atoms with Crippen molar-refractivity contribution in [3.8, 4) is 11.6 Å². The van der Waals surface area contributed by atoms with Gasteiger partial charge in [-0.15, -0.1) is 0 Å². The van der Waals surface area contributed by atoms with Crippen molar-refractivity contribution in [2.24, 2.45) is 4.99 Å². The number of fused-ring (bicyclic) bond motifs is 1. The standard InChI is InChI=1S/C23H27ClN6O4.C2HF3O2/c24-17-12-15(5-6-18(17)34-11-3-1-2-4-19(31)32)26-13-16-20-21(29-23(16)33)27-14-28-22(20)30-9-7-25-8-10-30;3-2(4,5)1(6)7/h5-6,12-14,25,33H,1-4,7-11H2,(H,31,32)(H,27,28,29);(H,6,7). The van der Waals surface area contributed by atoms with Crippen molar-refractivity contribution in [2.45, 2.75) is 31.9 Å². The van der Waals surface area contributed by atoms with Crippen LogP contribution in [0.1, 0.15) is 31.2 Å². The Morgan fingerprint density at radius 2 is 1.85 bits per heavy atom. The molecule has 0 bridgehead atoms. The lowest BCUT2D eigenvalue weighted by molar-refractivity contribution is -0.192. The summed E-state index contributed by atoms with van der Waals surface area (Å²) in [4.78, 5) is 37.7. The summed E-state index contributed by atoms with van der Waals surface area (Å²) in [6, 6.07) is 5.22.